The number of halogens is 3. The topological polar surface area (TPSA) is 41.1 Å². The maximum Gasteiger partial charge on any atom is 0.416 e. The summed E-state index contributed by atoms with van der Waals surface area (Å²) in [6.45, 7) is 1.92. The van der Waals surface area contributed by atoms with Crippen LogP contribution in [-0.2, 0) is 6.18 Å². The zero-order valence-corrected chi connectivity index (χ0v) is 12.1. The number of carbonyl (C=O) groups is 1. The third-order valence-corrected chi connectivity index (χ3v) is 3.24. The van der Waals surface area contributed by atoms with Crippen molar-refractivity contribution in [3.63, 3.8) is 0 Å². The number of alkyl halides is 3. The van der Waals surface area contributed by atoms with Crippen molar-refractivity contribution in [3.8, 4) is 0 Å². The molecule has 0 fully saturated rings. The summed E-state index contributed by atoms with van der Waals surface area (Å²) in [4.78, 5) is 12.0. The van der Waals surface area contributed by atoms with Crippen molar-refractivity contribution >= 4 is 17.3 Å². The number of carbonyl (C=O) groups excluding carboxylic acids is 1. The molecule has 2 aromatic carbocycles. The number of amides is 1. The van der Waals surface area contributed by atoms with E-state index in [2.05, 4.69) is 10.6 Å². The lowest BCUT2D eigenvalue weighted by atomic mass is 10.1. The predicted molar refractivity (Wildman–Crippen MR) is 80.1 cm³/mol. The van der Waals surface area contributed by atoms with Gasteiger partial charge in [-0.1, -0.05) is 6.07 Å². The molecule has 0 aliphatic rings. The van der Waals surface area contributed by atoms with Gasteiger partial charge >= 0.3 is 6.18 Å². The fourth-order valence-corrected chi connectivity index (χ4v) is 1.98. The Kier molecular flexibility index (Phi) is 4.40. The molecule has 2 aromatic rings. The van der Waals surface area contributed by atoms with E-state index in [-0.39, 0.29) is 5.56 Å². The van der Waals surface area contributed by atoms with E-state index in [1.807, 2.05) is 13.0 Å². The highest BCUT2D eigenvalue weighted by molar-refractivity contribution is 6.04. The number of hydrogen-bond acceptors (Lipinski definition) is 2. The van der Waals surface area contributed by atoms with Crippen molar-refractivity contribution in [1.29, 1.82) is 0 Å². The molecular weight excluding hydrogens is 293 g/mol. The van der Waals surface area contributed by atoms with Crippen molar-refractivity contribution in [2.24, 2.45) is 0 Å². The number of rotatable bonds is 3. The summed E-state index contributed by atoms with van der Waals surface area (Å²) in [5.41, 5.74) is 1.84. The average Bonchev–Trinajstić information content (AvgIpc) is 2.48. The molecule has 0 radical (unpaired) electrons. The minimum absolute atomic E-state index is 0.166. The maximum atomic E-state index is 12.5. The molecule has 0 aromatic heterocycles. The second-order valence-electron chi connectivity index (χ2n) is 4.81. The van der Waals surface area contributed by atoms with Gasteiger partial charge in [-0.3, -0.25) is 4.79 Å². The fraction of sp³-hybridized carbons (Fsp3) is 0.188. The first-order valence-electron chi connectivity index (χ1n) is 6.58. The van der Waals surface area contributed by atoms with Gasteiger partial charge in [-0.15, -0.1) is 0 Å². The largest absolute Gasteiger partial charge is 0.416 e. The SMILES string of the molecule is CNc1cc(NC(=O)c2ccc(C(F)(F)F)cc2)ccc1C. The molecule has 0 saturated carbocycles. The lowest BCUT2D eigenvalue weighted by Crippen LogP contribution is -2.13. The molecule has 0 heterocycles. The highest BCUT2D eigenvalue weighted by Gasteiger charge is 2.30. The minimum atomic E-state index is -4.41. The van der Waals surface area contributed by atoms with Gasteiger partial charge in [-0.25, -0.2) is 0 Å². The van der Waals surface area contributed by atoms with Crippen LogP contribution in [0.1, 0.15) is 21.5 Å². The van der Waals surface area contributed by atoms with Gasteiger partial charge in [0.1, 0.15) is 0 Å². The van der Waals surface area contributed by atoms with Crippen LogP contribution >= 0.6 is 0 Å². The number of hydrogen-bond donors (Lipinski definition) is 2. The maximum absolute atomic E-state index is 12.5. The molecular formula is C16H15F3N2O. The average molecular weight is 308 g/mol. The van der Waals surface area contributed by atoms with Crippen LogP contribution in [0.25, 0.3) is 0 Å². The van der Waals surface area contributed by atoms with Crippen LogP contribution in [0.4, 0.5) is 24.5 Å². The highest BCUT2D eigenvalue weighted by Crippen LogP contribution is 2.29. The Morgan fingerprint density at radius 2 is 1.68 bits per heavy atom. The van der Waals surface area contributed by atoms with E-state index in [0.29, 0.717) is 5.69 Å². The number of benzene rings is 2. The molecule has 116 valence electrons. The van der Waals surface area contributed by atoms with Gasteiger partial charge in [-0.2, -0.15) is 13.2 Å². The van der Waals surface area contributed by atoms with Crippen LogP contribution in [0.15, 0.2) is 42.5 Å². The standard InChI is InChI=1S/C16H15F3N2O/c1-10-3-8-13(9-14(10)20-2)21-15(22)11-4-6-12(7-5-11)16(17,18)19/h3-9,20H,1-2H3,(H,21,22). The van der Waals surface area contributed by atoms with E-state index < -0.39 is 17.6 Å². The molecule has 0 atom stereocenters. The van der Waals surface area contributed by atoms with Crippen molar-refractivity contribution < 1.29 is 18.0 Å². The Bertz CT molecular complexity index is 679. The first-order valence-corrected chi connectivity index (χ1v) is 6.58. The van der Waals surface area contributed by atoms with Gasteiger partial charge in [0.15, 0.2) is 0 Å². The van der Waals surface area contributed by atoms with E-state index in [1.54, 1.807) is 19.2 Å². The molecule has 22 heavy (non-hydrogen) atoms. The lowest BCUT2D eigenvalue weighted by Gasteiger charge is -2.10. The Morgan fingerprint density at radius 3 is 2.23 bits per heavy atom. The fourth-order valence-electron chi connectivity index (χ4n) is 1.98. The van der Waals surface area contributed by atoms with Gasteiger partial charge in [0.05, 0.1) is 5.56 Å². The van der Waals surface area contributed by atoms with Crippen molar-refractivity contribution in [2.75, 3.05) is 17.7 Å². The number of aryl methyl sites for hydroxylation is 1. The first kappa shape index (κ1) is 15.9. The lowest BCUT2D eigenvalue weighted by molar-refractivity contribution is -0.137. The van der Waals surface area contributed by atoms with E-state index in [1.165, 1.54) is 0 Å². The van der Waals surface area contributed by atoms with Gasteiger partial charge in [0.25, 0.3) is 5.91 Å². The second kappa shape index (κ2) is 6.09. The Hall–Kier alpha value is -2.50. The second-order valence-corrected chi connectivity index (χ2v) is 4.81. The summed E-state index contributed by atoms with van der Waals surface area (Å²) >= 11 is 0. The van der Waals surface area contributed by atoms with Gasteiger partial charge in [0, 0.05) is 24.0 Å². The van der Waals surface area contributed by atoms with E-state index in [0.717, 1.165) is 35.5 Å². The van der Waals surface area contributed by atoms with Crippen LogP contribution in [0.5, 0.6) is 0 Å². The Morgan fingerprint density at radius 1 is 1.05 bits per heavy atom. The molecule has 0 saturated heterocycles. The van der Waals surface area contributed by atoms with Gasteiger partial charge in [0.2, 0.25) is 0 Å². The molecule has 0 aliphatic heterocycles. The first-order chi connectivity index (χ1) is 10.3. The zero-order valence-electron chi connectivity index (χ0n) is 12.1. The summed E-state index contributed by atoms with van der Waals surface area (Å²) in [7, 11) is 1.77. The molecule has 2 N–H and O–H groups in total. The summed E-state index contributed by atoms with van der Waals surface area (Å²) < 4.78 is 37.4. The van der Waals surface area contributed by atoms with Crippen molar-refractivity contribution in [2.45, 2.75) is 13.1 Å². The van der Waals surface area contributed by atoms with E-state index >= 15 is 0 Å². The van der Waals surface area contributed by atoms with Crippen LogP contribution in [0.2, 0.25) is 0 Å². The summed E-state index contributed by atoms with van der Waals surface area (Å²) in [6, 6.07) is 9.44. The summed E-state index contributed by atoms with van der Waals surface area (Å²) in [6.07, 6.45) is -4.41. The highest BCUT2D eigenvalue weighted by atomic mass is 19.4. The minimum Gasteiger partial charge on any atom is -0.388 e. The van der Waals surface area contributed by atoms with Crippen LogP contribution < -0.4 is 10.6 Å². The monoisotopic (exact) mass is 308 g/mol. The quantitative estimate of drug-likeness (QED) is 0.887. The molecule has 3 nitrogen and oxygen atoms in total. The van der Waals surface area contributed by atoms with Crippen molar-refractivity contribution in [1.82, 2.24) is 0 Å². The zero-order chi connectivity index (χ0) is 16.3. The van der Waals surface area contributed by atoms with Gasteiger partial charge < -0.3 is 10.6 Å². The third kappa shape index (κ3) is 3.58. The van der Waals surface area contributed by atoms with E-state index in [9.17, 15) is 18.0 Å². The van der Waals surface area contributed by atoms with E-state index in [4.69, 9.17) is 0 Å². The number of nitrogens with one attached hydrogen (secondary N) is 2. The smallest absolute Gasteiger partial charge is 0.388 e. The molecule has 2 rings (SSSR count). The van der Waals surface area contributed by atoms with Crippen molar-refractivity contribution in [3.05, 3.63) is 59.2 Å². The summed E-state index contributed by atoms with van der Waals surface area (Å²) in [5.74, 6) is -0.459. The molecule has 0 bridgehead atoms. The Balaban J connectivity index is 2.15. The number of anilines is 2. The van der Waals surface area contributed by atoms with Crippen LogP contribution in [0, 0.1) is 6.92 Å². The molecule has 6 heteroatoms. The predicted octanol–water partition coefficient (Wildman–Crippen LogP) is 4.31. The van der Waals surface area contributed by atoms with Gasteiger partial charge in [-0.05, 0) is 48.9 Å². The summed E-state index contributed by atoms with van der Waals surface area (Å²) in [5, 5.41) is 5.65. The third-order valence-electron chi connectivity index (χ3n) is 3.24. The Labute approximate surface area is 126 Å². The van der Waals surface area contributed by atoms with Crippen LogP contribution in [-0.4, -0.2) is 13.0 Å². The molecule has 0 spiro atoms. The normalized spacial score (nSPS) is 11.1. The molecule has 0 aliphatic carbocycles. The molecule has 0 unspecified atom stereocenters. The van der Waals surface area contributed by atoms with Crippen LogP contribution in [0.3, 0.4) is 0 Å². The molecule has 1 amide bonds.